The van der Waals surface area contributed by atoms with Gasteiger partial charge in [0, 0.05) is 32.1 Å². The third kappa shape index (κ3) is 2.91. The van der Waals surface area contributed by atoms with Crippen LogP contribution < -0.4 is 5.32 Å². The van der Waals surface area contributed by atoms with Gasteiger partial charge in [-0.1, -0.05) is 24.3 Å². The molecule has 1 aliphatic heterocycles. The Morgan fingerprint density at radius 2 is 2.00 bits per heavy atom. The molecule has 2 rings (SSSR count). The van der Waals surface area contributed by atoms with Gasteiger partial charge in [0.15, 0.2) is 0 Å². The maximum Gasteiger partial charge on any atom is 0.216 e. The predicted molar refractivity (Wildman–Crippen MR) is 73.3 cm³/mol. The zero-order chi connectivity index (χ0) is 13.2. The predicted octanol–water partition coefficient (Wildman–Crippen LogP) is 1.96. The average Bonchev–Trinajstić information content (AvgIpc) is 2.36. The Morgan fingerprint density at radius 1 is 1.33 bits per heavy atom. The van der Waals surface area contributed by atoms with Gasteiger partial charge in [0.25, 0.3) is 0 Å². The van der Waals surface area contributed by atoms with E-state index in [0.29, 0.717) is 6.54 Å². The Balaban J connectivity index is 2.05. The highest BCUT2D eigenvalue weighted by atomic mass is 16.1. The molecule has 0 spiro atoms. The van der Waals surface area contributed by atoms with E-state index in [1.165, 1.54) is 11.1 Å². The van der Waals surface area contributed by atoms with Crippen LogP contribution in [0.4, 0.5) is 0 Å². The quantitative estimate of drug-likeness (QED) is 0.884. The number of carbonyl (C=O) groups excluding carboxylic acids is 1. The molecular weight excluding hydrogens is 224 g/mol. The molecule has 1 heterocycles. The van der Waals surface area contributed by atoms with Crippen LogP contribution in [0.2, 0.25) is 0 Å². The minimum Gasteiger partial charge on any atom is -0.355 e. The van der Waals surface area contributed by atoms with Gasteiger partial charge < -0.3 is 5.32 Å². The summed E-state index contributed by atoms with van der Waals surface area (Å²) >= 11 is 0. The van der Waals surface area contributed by atoms with Crippen molar-refractivity contribution in [3.63, 3.8) is 0 Å². The Bertz CT molecular complexity index is 440. The SMILES string of the molecule is CC(=O)NCC(C)(C)N1CCc2ccccc2C1. The van der Waals surface area contributed by atoms with Gasteiger partial charge in [-0.25, -0.2) is 0 Å². The number of nitrogens with one attached hydrogen (secondary N) is 1. The topological polar surface area (TPSA) is 32.3 Å². The second-order valence-corrected chi connectivity index (χ2v) is 5.66. The molecule has 0 atom stereocenters. The molecule has 1 N–H and O–H groups in total. The van der Waals surface area contributed by atoms with E-state index in [-0.39, 0.29) is 11.4 Å². The standard InChI is InChI=1S/C15H22N2O/c1-12(18)16-11-15(2,3)17-9-8-13-6-4-5-7-14(13)10-17/h4-7H,8-11H2,1-3H3,(H,16,18). The molecule has 0 aromatic heterocycles. The van der Waals surface area contributed by atoms with Crippen LogP contribution in [0.25, 0.3) is 0 Å². The Morgan fingerprint density at radius 3 is 2.67 bits per heavy atom. The van der Waals surface area contributed by atoms with Crippen LogP contribution in [0.15, 0.2) is 24.3 Å². The number of benzene rings is 1. The van der Waals surface area contributed by atoms with E-state index in [0.717, 1.165) is 19.5 Å². The Labute approximate surface area is 109 Å². The van der Waals surface area contributed by atoms with Gasteiger partial charge in [-0.05, 0) is 31.4 Å². The van der Waals surface area contributed by atoms with E-state index >= 15 is 0 Å². The van der Waals surface area contributed by atoms with Crippen molar-refractivity contribution in [3.05, 3.63) is 35.4 Å². The largest absolute Gasteiger partial charge is 0.355 e. The first-order valence-corrected chi connectivity index (χ1v) is 6.55. The molecule has 0 radical (unpaired) electrons. The van der Waals surface area contributed by atoms with Crippen molar-refractivity contribution in [3.8, 4) is 0 Å². The summed E-state index contributed by atoms with van der Waals surface area (Å²) in [5.74, 6) is 0.0421. The smallest absolute Gasteiger partial charge is 0.216 e. The van der Waals surface area contributed by atoms with Crippen LogP contribution in [-0.2, 0) is 17.8 Å². The normalized spacial score (nSPS) is 16.2. The molecule has 0 saturated heterocycles. The van der Waals surface area contributed by atoms with Crippen molar-refractivity contribution in [1.82, 2.24) is 10.2 Å². The average molecular weight is 246 g/mol. The molecule has 1 aromatic carbocycles. The van der Waals surface area contributed by atoms with Crippen molar-refractivity contribution in [2.75, 3.05) is 13.1 Å². The van der Waals surface area contributed by atoms with Crippen molar-refractivity contribution in [1.29, 1.82) is 0 Å². The van der Waals surface area contributed by atoms with Crippen LogP contribution in [0.1, 0.15) is 31.9 Å². The summed E-state index contributed by atoms with van der Waals surface area (Å²) in [4.78, 5) is 13.5. The van der Waals surface area contributed by atoms with Gasteiger partial charge in [0.1, 0.15) is 0 Å². The molecule has 1 aromatic rings. The summed E-state index contributed by atoms with van der Waals surface area (Å²) in [6, 6.07) is 8.63. The highest BCUT2D eigenvalue weighted by molar-refractivity contribution is 5.72. The van der Waals surface area contributed by atoms with Crippen LogP contribution in [0.3, 0.4) is 0 Å². The highest BCUT2D eigenvalue weighted by Crippen LogP contribution is 2.24. The first kappa shape index (κ1) is 13.1. The van der Waals surface area contributed by atoms with E-state index in [4.69, 9.17) is 0 Å². The van der Waals surface area contributed by atoms with E-state index in [1.54, 1.807) is 6.92 Å². The second-order valence-electron chi connectivity index (χ2n) is 5.66. The summed E-state index contributed by atoms with van der Waals surface area (Å²) < 4.78 is 0. The number of hydrogen-bond acceptors (Lipinski definition) is 2. The number of rotatable bonds is 3. The zero-order valence-electron chi connectivity index (χ0n) is 11.5. The van der Waals surface area contributed by atoms with Gasteiger partial charge in [-0.15, -0.1) is 0 Å². The molecule has 18 heavy (non-hydrogen) atoms. The fraction of sp³-hybridized carbons (Fsp3) is 0.533. The van der Waals surface area contributed by atoms with Gasteiger partial charge >= 0.3 is 0 Å². The minimum absolute atomic E-state index is 0.000792. The molecule has 1 amide bonds. The second kappa shape index (κ2) is 5.11. The number of hydrogen-bond donors (Lipinski definition) is 1. The summed E-state index contributed by atoms with van der Waals surface area (Å²) in [5.41, 5.74) is 2.88. The first-order valence-electron chi connectivity index (χ1n) is 6.55. The highest BCUT2D eigenvalue weighted by Gasteiger charge is 2.29. The molecule has 0 bridgehead atoms. The molecule has 3 nitrogen and oxygen atoms in total. The monoisotopic (exact) mass is 246 g/mol. The first-order chi connectivity index (χ1) is 8.49. The van der Waals surface area contributed by atoms with E-state index < -0.39 is 0 Å². The number of amides is 1. The van der Waals surface area contributed by atoms with E-state index in [2.05, 4.69) is 48.3 Å². The minimum atomic E-state index is -0.000792. The van der Waals surface area contributed by atoms with E-state index in [9.17, 15) is 4.79 Å². The van der Waals surface area contributed by atoms with Gasteiger partial charge in [-0.2, -0.15) is 0 Å². The van der Waals surface area contributed by atoms with Crippen LogP contribution >= 0.6 is 0 Å². The lowest BCUT2D eigenvalue weighted by molar-refractivity contribution is -0.119. The molecule has 1 aliphatic rings. The van der Waals surface area contributed by atoms with E-state index in [1.807, 2.05) is 0 Å². The third-order valence-electron chi connectivity index (χ3n) is 3.76. The van der Waals surface area contributed by atoms with Gasteiger partial charge in [0.2, 0.25) is 5.91 Å². The maximum absolute atomic E-state index is 11.0. The van der Waals surface area contributed by atoms with Crippen LogP contribution in [-0.4, -0.2) is 29.4 Å². The molecule has 98 valence electrons. The van der Waals surface area contributed by atoms with Crippen molar-refractivity contribution in [2.45, 2.75) is 39.3 Å². The molecule has 0 saturated carbocycles. The van der Waals surface area contributed by atoms with Gasteiger partial charge in [0.05, 0.1) is 0 Å². The lowest BCUT2D eigenvalue weighted by Crippen LogP contribution is -2.52. The summed E-state index contributed by atoms with van der Waals surface area (Å²) in [6.07, 6.45) is 1.10. The number of carbonyl (C=O) groups is 1. The van der Waals surface area contributed by atoms with Crippen LogP contribution in [0, 0.1) is 0 Å². The number of fused-ring (bicyclic) bond motifs is 1. The molecular formula is C15H22N2O. The maximum atomic E-state index is 11.0. The van der Waals surface area contributed by atoms with Crippen LogP contribution in [0.5, 0.6) is 0 Å². The fourth-order valence-electron chi connectivity index (χ4n) is 2.46. The summed E-state index contributed by atoms with van der Waals surface area (Å²) in [7, 11) is 0. The lowest BCUT2D eigenvalue weighted by atomic mass is 9.94. The zero-order valence-corrected chi connectivity index (χ0v) is 11.5. The molecule has 0 fully saturated rings. The van der Waals surface area contributed by atoms with Crippen molar-refractivity contribution >= 4 is 5.91 Å². The summed E-state index contributed by atoms with van der Waals surface area (Å²) in [6.45, 7) is 8.69. The number of nitrogens with zero attached hydrogens (tertiary/aromatic N) is 1. The lowest BCUT2D eigenvalue weighted by Gasteiger charge is -2.41. The Kier molecular flexibility index (Phi) is 3.71. The van der Waals surface area contributed by atoms with Gasteiger partial charge in [-0.3, -0.25) is 9.69 Å². The Hall–Kier alpha value is -1.35. The van der Waals surface area contributed by atoms with Crippen molar-refractivity contribution < 1.29 is 4.79 Å². The molecule has 0 unspecified atom stereocenters. The third-order valence-corrected chi connectivity index (χ3v) is 3.76. The fourth-order valence-corrected chi connectivity index (χ4v) is 2.46. The summed E-state index contributed by atoms with van der Waals surface area (Å²) in [5, 5.41) is 2.93. The molecule has 3 heteroatoms. The molecule has 0 aliphatic carbocycles. The van der Waals surface area contributed by atoms with Crippen molar-refractivity contribution in [2.24, 2.45) is 0 Å².